The molecule has 26 heavy (non-hydrogen) atoms. The summed E-state index contributed by atoms with van der Waals surface area (Å²) in [5.74, 6) is 0.510. The van der Waals surface area contributed by atoms with E-state index in [-0.39, 0.29) is 5.78 Å². The maximum absolute atomic E-state index is 13.2. The number of allylic oxidation sites excluding steroid dienone is 1. The van der Waals surface area contributed by atoms with Crippen molar-refractivity contribution in [3.05, 3.63) is 100 Å². The number of Topliss-reactive ketones (excluding diaryl/α,β-unsaturated/α-hetero) is 1. The van der Waals surface area contributed by atoms with Crippen LogP contribution in [0.1, 0.15) is 21.7 Å². The third kappa shape index (κ3) is 3.37. The van der Waals surface area contributed by atoms with Crippen molar-refractivity contribution in [2.45, 2.75) is 0 Å². The lowest BCUT2D eigenvalue weighted by atomic mass is 10.0. The zero-order valence-corrected chi connectivity index (χ0v) is 15.4. The molecular formula is C22H15BrN2O. The minimum Gasteiger partial charge on any atom is -0.338 e. The number of imidazole rings is 1. The van der Waals surface area contributed by atoms with Gasteiger partial charge in [0, 0.05) is 10.0 Å². The van der Waals surface area contributed by atoms with Gasteiger partial charge in [0.1, 0.15) is 5.82 Å². The predicted octanol–water partition coefficient (Wildman–Crippen LogP) is 5.75. The van der Waals surface area contributed by atoms with Crippen molar-refractivity contribution in [1.82, 2.24) is 9.97 Å². The monoisotopic (exact) mass is 402 g/mol. The van der Waals surface area contributed by atoms with E-state index in [0.717, 1.165) is 21.1 Å². The quantitative estimate of drug-likeness (QED) is 0.348. The van der Waals surface area contributed by atoms with Gasteiger partial charge in [0.2, 0.25) is 0 Å². The van der Waals surface area contributed by atoms with Gasteiger partial charge in [-0.25, -0.2) is 4.98 Å². The molecule has 4 aromatic rings. The van der Waals surface area contributed by atoms with Gasteiger partial charge in [0.25, 0.3) is 0 Å². The standard InChI is InChI=1S/C22H15BrN2O/c23-17-12-10-15(11-13-17)14-18(21(26)16-6-2-1-3-7-16)22-24-19-8-4-5-9-20(19)25-22/h1-14H,(H,24,25). The summed E-state index contributed by atoms with van der Waals surface area (Å²) in [5, 5.41) is 0. The SMILES string of the molecule is O=C(C(=Cc1ccc(Br)cc1)c1nc2ccccc2[nH]1)c1ccccc1. The fourth-order valence-electron chi connectivity index (χ4n) is 2.79. The van der Waals surface area contributed by atoms with Crippen molar-refractivity contribution in [2.75, 3.05) is 0 Å². The molecule has 0 saturated carbocycles. The lowest BCUT2D eigenvalue weighted by Gasteiger charge is -2.05. The van der Waals surface area contributed by atoms with E-state index in [1.807, 2.05) is 84.9 Å². The maximum atomic E-state index is 13.2. The molecule has 0 aliphatic heterocycles. The molecule has 4 heteroatoms. The average molecular weight is 403 g/mol. The number of nitrogens with zero attached hydrogens (tertiary/aromatic N) is 1. The van der Waals surface area contributed by atoms with Crippen LogP contribution in [0.4, 0.5) is 0 Å². The summed E-state index contributed by atoms with van der Waals surface area (Å²) < 4.78 is 0.995. The molecule has 4 rings (SSSR count). The van der Waals surface area contributed by atoms with Crippen LogP contribution in [0.5, 0.6) is 0 Å². The van der Waals surface area contributed by atoms with Gasteiger partial charge in [-0.3, -0.25) is 4.79 Å². The highest BCUT2D eigenvalue weighted by atomic mass is 79.9. The van der Waals surface area contributed by atoms with Crippen molar-refractivity contribution in [1.29, 1.82) is 0 Å². The van der Waals surface area contributed by atoms with E-state index in [1.54, 1.807) is 0 Å². The zero-order chi connectivity index (χ0) is 17.9. The largest absolute Gasteiger partial charge is 0.338 e. The van der Waals surface area contributed by atoms with Gasteiger partial charge in [-0.1, -0.05) is 70.5 Å². The van der Waals surface area contributed by atoms with Crippen LogP contribution in [0.3, 0.4) is 0 Å². The number of aromatic nitrogens is 2. The van der Waals surface area contributed by atoms with Gasteiger partial charge in [0.15, 0.2) is 5.78 Å². The first-order valence-corrected chi connectivity index (χ1v) is 9.02. The minimum atomic E-state index is -0.0624. The minimum absolute atomic E-state index is 0.0624. The average Bonchev–Trinajstić information content (AvgIpc) is 3.11. The second-order valence-electron chi connectivity index (χ2n) is 5.91. The Hall–Kier alpha value is -2.98. The number of para-hydroxylation sites is 2. The summed E-state index contributed by atoms with van der Waals surface area (Å²) in [6.07, 6.45) is 1.87. The Kier molecular flexibility index (Phi) is 4.50. The number of carbonyl (C=O) groups is 1. The molecule has 0 aliphatic rings. The first kappa shape index (κ1) is 16.5. The van der Waals surface area contributed by atoms with Crippen molar-refractivity contribution in [3.8, 4) is 0 Å². The summed E-state index contributed by atoms with van der Waals surface area (Å²) >= 11 is 3.44. The fourth-order valence-corrected chi connectivity index (χ4v) is 3.06. The number of ketones is 1. The number of halogens is 1. The zero-order valence-electron chi connectivity index (χ0n) is 13.8. The Bertz CT molecular complexity index is 1060. The Morgan fingerprint density at radius 3 is 2.31 bits per heavy atom. The van der Waals surface area contributed by atoms with E-state index in [4.69, 9.17) is 0 Å². The Morgan fingerprint density at radius 2 is 1.58 bits per heavy atom. The molecule has 0 atom stereocenters. The number of benzene rings is 3. The van der Waals surface area contributed by atoms with Gasteiger partial charge >= 0.3 is 0 Å². The fraction of sp³-hybridized carbons (Fsp3) is 0. The molecule has 1 N–H and O–H groups in total. The lowest BCUT2D eigenvalue weighted by molar-refractivity contribution is 0.105. The Labute approximate surface area is 159 Å². The molecule has 3 nitrogen and oxygen atoms in total. The maximum Gasteiger partial charge on any atom is 0.196 e. The normalized spacial score (nSPS) is 11.7. The molecular weight excluding hydrogens is 388 g/mol. The van der Waals surface area contributed by atoms with Crippen molar-refractivity contribution in [3.63, 3.8) is 0 Å². The molecule has 0 unspecified atom stereocenters. The van der Waals surface area contributed by atoms with Crippen molar-refractivity contribution < 1.29 is 4.79 Å². The number of carbonyl (C=O) groups excluding carboxylic acids is 1. The Morgan fingerprint density at radius 1 is 0.885 bits per heavy atom. The van der Waals surface area contributed by atoms with Gasteiger partial charge in [-0.2, -0.15) is 0 Å². The topological polar surface area (TPSA) is 45.8 Å². The van der Waals surface area contributed by atoms with Gasteiger partial charge < -0.3 is 4.98 Å². The van der Waals surface area contributed by atoms with Crippen LogP contribution in [-0.4, -0.2) is 15.8 Å². The first-order valence-electron chi connectivity index (χ1n) is 8.23. The molecule has 0 bridgehead atoms. The van der Waals surface area contributed by atoms with Crippen LogP contribution in [-0.2, 0) is 0 Å². The van der Waals surface area contributed by atoms with Crippen molar-refractivity contribution >= 4 is 44.4 Å². The van der Waals surface area contributed by atoms with E-state index in [0.29, 0.717) is 17.0 Å². The molecule has 0 amide bonds. The molecule has 126 valence electrons. The predicted molar refractivity (Wildman–Crippen MR) is 109 cm³/mol. The number of hydrogen-bond acceptors (Lipinski definition) is 2. The second-order valence-corrected chi connectivity index (χ2v) is 6.82. The highest BCUT2D eigenvalue weighted by Gasteiger charge is 2.18. The number of hydrogen-bond donors (Lipinski definition) is 1. The summed E-state index contributed by atoms with van der Waals surface area (Å²) in [6.45, 7) is 0. The molecule has 0 saturated heterocycles. The van der Waals surface area contributed by atoms with Gasteiger partial charge in [-0.05, 0) is 35.9 Å². The molecule has 0 spiro atoms. The molecule has 3 aromatic carbocycles. The molecule has 0 aliphatic carbocycles. The third-order valence-corrected chi connectivity index (χ3v) is 4.63. The van der Waals surface area contributed by atoms with Gasteiger partial charge in [0.05, 0.1) is 16.6 Å². The first-order chi connectivity index (χ1) is 12.7. The Balaban J connectivity index is 1.85. The highest BCUT2D eigenvalue weighted by molar-refractivity contribution is 9.10. The highest BCUT2D eigenvalue weighted by Crippen LogP contribution is 2.24. The molecule has 0 fully saturated rings. The molecule has 1 aromatic heterocycles. The summed E-state index contributed by atoms with van der Waals surface area (Å²) in [4.78, 5) is 21.0. The second kappa shape index (κ2) is 7.10. The number of rotatable bonds is 4. The van der Waals surface area contributed by atoms with Crippen LogP contribution in [0, 0.1) is 0 Å². The van der Waals surface area contributed by atoms with Gasteiger partial charge in [-0.15, -0.1) is 0 Å². The number of nitrogens with one attached hydrogen (secondary N) is 1. The summed E-state index contributed by atoms with van der Waals surface area (Å²) in [6, 6.07) is 24.9. The summed E-state index contributed by atoms with van der Waals surface area (Å²) in [5.41, 5.74) is 3.86. The van der Waals surface area contributed by atoms with E-state index >= 15 is 0 Å². The summed E-state index contributed by atoms with van der Waals surface area (Å²) in [7, 11) is 0. The van der Waals surface area contributed by atoms with E-state index in [1.165, 1.54) is 0 Å². The van der Waals surface area contributed by atoms with E-state index in [2.05, 4.69) is 25.9 Å². The van der Waals surface area contributed by atoms with Crippen LogP contribution in [0.2, 0.25) is 0 Å². The van der Waals surface area contributed by atoms with Crippen LogP contribution in [0.15, 0.2) is 83.3 Å². The van der Waals surface area contributed by atoms with E-state index < -0.39 is 0 Å². The van der Waals surface area contributed by atoms with Crippen LogP contribution < -0.4 is 0 Å². The smallest absolute Gasteiger partial charge is 0.196 e. The van der Waals surface area contributed by atoms with Crippen LogP contribution >= 0.6 is 15.9 Å². The number of aromatic amines is 1. The van der Waals surface area contributed by atoms with E-state index in [9.17, 15) is 4.79 Å². The number of fused-ring (bicyclic) bond motifs is 1. The third-order valence-electron chi connectivity index (χ3n) is 4.11. The number of H-pyrrole nitrogens is 1. The van der Waals surface area contributed by atoms with Crippen LogP contribution in [0.25, 0.3) is 22.7 Å². The molecule has 1 heterocycles. The molecule has 0 radical (unpaired) electrons. The van der Waals surface area contributed by atoms with Crippen molar-refractivity contribution in [2.24, 2.45) is 0 Å². The lowest BCUT2D eigenvalue weighted by Crippen LogP contribution is -2.04.